The molecule has 2 aromatic rings. The highest BCUT2D eigenvalue weighted by atomic mass is 16.2. The van der Waals surface area contributed by atoms with E-state index in [1.54, 1.807) is 0 Å². The van der Waals surface area contributed by atoms with Crippen molar-refractivity contribution < 1.29 is 14.5 Å². The van der Waals surface area contributed by atoms with E-state index in [4.69, 9.17) is 0 Å². The van der Waals surface area contributed by atoms with Crippen LogP contribution in [0.4, 0.5) is 11.4 Å². The number of rotatable bonds is 7. The van der Waals surface area contributed by atoms with Gasteiger partial charge in [0, 0.05) is 31.0 Å². The van der Waals surface area contributed by atoms with Crippen molar-refractivity contribution in [1.29, 1.82) is 0 Å². The SMILES string of the molecule is CCc1ccc(NC(=O)C(=O)NC[C@H](c2ccc(N(C)C)cc2)[NH+](C)C)cc1. The Labute approximate surface area is 167 Å². The zero-order valence-corrected chi connectivity index (χ0v) is 17.4. The summed E-state index contributed by atoms with van der Waals surface area (Å²) in [5, 5.41) is 5.40. The van der Waals surface area contributed by atoms with Gasteiger partial charge in [0.2, 0.25) is 0 Å². The molecule has 0 saturated carbocycles. The van der Waals surface area contributed by atoms with Crippen molar-refractivity contribution >= 4 is 23.2 Å². The first kappa shape index (κ1) is 21.4. The number of carbonyl (C=O) groups is 2. The van der Waals surface area contributed by atoms with Gasteiger partial charge in [-0.2, -0.15) is 0 Å². The number of hydrogen-bond donors (Lipinski definition) is 3. The molecule has 2 aromatic carbocycles. The summed E-state index contributed by atoms with van der Waals surface area (Å²) in [4.78, 5) is 27.6. The number of aryl methyl sites for hydroxylation is 1. The molecule has 0 aliphatic carbocycles. The van der Waals surface area contributed by atoms with Crippen LogP contribution in [0.15, 0.2) is 48.5 Å². The first-order valence-corrected chi connectivity index (χ1v) is 9.57. The summed E-state index contributed by atoms with van der Waals surface area (Å²) in [7, 11) is 8.06. The molecule has 0 unspecified atom stereocenters. The summed E-state index contributed by atoms with van der Waals surface area (Å²) in [6.45, 7) is 2.45. The number of anilines is 2. The van der Waals surface area contributed by atoms with Crippen LogP contribution in [0, 0.1) is 0 Å². The van der Waals surface area contributed by atoms with Gasteiger partial charge in [0.1, 0.15) is 6.04 Å². The number of amides is 2. The second kappa shape index (κ2) is 9.90. The van der Waals surface area contributed by atoms with Crippen molar-refractivity contribution in [3.63, 3.8) is 0 Å². The van der Waals surface area contributed by atoms with Gasteiger partial charge in [0.05, 0.1) is 20.6 Å². The smallest absolute Gasteiger partial charge is 0.313 e. The van der Waals surface area contributed by atoms with Gasteiger partial charge in [-0.05, 0) is 36.2 Å². The lowest BCUT2D eigenvalue weighted by Gasteiger charge is -2.23. The number of carbonyl (C=O) groups excluding carboxylic acids is 2. The maximum atomic E-state index is 12.2. The van der Waals surface area contributed by atoms with Crippen LogP contribution in [0.3, 0.4) is 0 Å². The molecule has 0 aliphatic rings. The number of likely N-dealkylation sites (N-methyl/N-ethyl adjacent to an activating group) is 1. The predicted octanol–water partition coefficient (Wildman–Crippen LogP) is 1.26. The molecule has 1 atom stereocenters. The largest absolute Gasteiger partial charge is 0.378 e. The quantitative estimate of drug-likeness (QED) is 0.631. The third-order valence-electron chi connectivity index (χ3n) is 4.80. The number of quaternary nitrogens is 1. The number of nitrogens with one attached hydrogen (secondary N) is 3. The Balaban J connectivity index is 1.96. The third-order valence-corrected chi connectivity index (χ3v) is 4.80. The van der Waals surface area contributed by atoms with Gasteiger partial charge in [-0.25, -0.2) is 0 Å². The highest BCUT2D eigenvalue weighted by Gasteiger charge is 2.21. The normalized spacial score (nSPS) is 11.8. The number of benzene rings is 2. The van der Waals surface area contributed by atoms with Gasteiger partial charge in [0.25, 0.3) is 0 Å². The average molecular weight is 384 g/mol. The van der Waals surface area contributed by atoms with Crippen molar-refractivity contribution in [3.8, 4) is 0 Å². The molecule has 2 amide bonds. The Morgan fingerprint density at radius 2 is 1.57 bits per heavy atom. The van der Waals surface area contributed by atoms with Crippen LogP contribution in [0.2, 0.25) is 0 Å². The van der Waals surface area contributed by atoms with E-state index in [2.05, 4.69) is 41.8 Å². The summed E-state index contributed by atoms with van der Waals surface area (Å²) in [6, 6.07) is 15.8. The van der Waals surface area contributed by atoms with Gasteiger partial charge in [-0.3, -0.25) is 9.59 Å². The lowest BCUT2D eigenvalue weighted by atomic mass is 10.1. The van der Waals surface area contributed by atoms with Crippen LogP contribution in [0.25, 0.3) is 0 Å². The van der Waals surface area contributed by atoms with Crippen LogP contribution >= 0.6 is 0 Å². The number of hydrogen-bond acceptors (Lipinski definition) is 3. The van der Waals surface area contributed by atoms with Gasteiger partial charge >= 0.3 is 11.8 Å². The Bertz CT molecular complexity index is 783. The summed E-state index contributed by atoms with van der Waals surface area (Å²) in [5.74, 6) is -1.28. The molecular formula is C22H31N4O2+. The molecule has 3 N–H and O–H groups in total. The molecule has 0 aliphatic heterocycles. The molecule has 0 saturated heterocycles. The van der Waals surface area contributed by atoms with Gasteiger partial charge < -0.3 is 20.4 Å². The van der Waals surface area contributed by atoms with E-state index in [-0.39, 0.29) is 6.04 Å². The monoisotopic (exact) mass is 383 g/mol. The zero-order chi connectivity index (χ0) is 20.7. The minimum Gasteiger partial charge on any atom is -0.378 e. The zero-order valence-electron chi connectivity index (χ0n) is 17.4. The van der Waals surface area contributed by atoms with Gasteiger partial charge in [0.15, 0.2) is 0 Å². The molecule has 28 heavy (non-hydrogen) atoms. The molecule has 0 heterocycles. The second-order valence-corrected chi connectivity index (χ2v) is 7.33. The lowest BCUT2D eigenvalue weighted by molar-refractivity contribution is -0.890. The molecular weight excluding hydrogens is 352 g/mol. The molecule has 0 spiro atoms. The highest BCUT2D eigenvalue weighted by molar-refractivity contribution is 6.39. The van der Waals surface area contributed by atoms with Crippen LogP contribution in [0.5, 0.6) is 0 Å². The lowest BCUT2D eigenvalue weighted by Crippen LogP contribution is -3.07. The van der Waals surface area contributed by atoms with E-state index in [1.807, 2.05) is 57.4 Å². The first-order chi connectivity index (χ1) is 13.3. The summed E-state index contributed by atoms with van der Waals surface area (Å²) < 4.78 is 0. The van der Waals surface area contributed by atoms with Crippen molar-refractivity contribution in [3.05, 3.63) is 59.7 Å². The molecule has 6 heteroatoms. The number of nitrogens with zero attached hydrogens (tertiary/aromatic N) is 1. The molecule has 0 radical (unpaired) electrons. The molecule has 0 fully saturated rings. The van der Waals surface area contributed by atoms with E-state index >= 15 is 0 Å². The van der Waals surface area contributed by atoms with Crippen molar-refractivity contribution in [2.45, 2.75) is 19.4 Å². The van der Waals surface area contributed by atoms with E-state index in [0.717, 1.165) is 17.7 Å². The fraction of sp³-hybridized carbons (Fsp3) is 0.364. The molecule has 0 bridgehead atoms. The van der Waals surface area contributed by atoms with Crippen LogP contribution in [-0.4, -0.2) is 46.5 Å². The van der Waals surface area contributed by atoms with Crippen LogP contribution in [-0.2, 0) is 16.0 Å². The van der Waals surface area contributed by atoms with Crippen molar-refractivity contribution in [2.24, 2.45) is 0 Å². The Morgan fingerprint density at radius 3 is 2.07 bits per heavy atom. The minimum absolute atomic E-state index is 0.0526. The first-order valence-electron chi connectivity index (χ1n) is 9.57. The summed E-state index contributed by atoms with van der Waals surface area (Å²) in [5.41, 5.74) is 4.03. The predicted molar refractivity (Wildman–Crippen MR) is 114 cm³/mol. The minimum atomic E-state index is -0.653. The fourth-order valence-electron chi connectivity index (χ4n) is 2.95. The topological polar surface area (TPSA) is 65.9 Å². The Morgan fingerprint density at radius 1 is 0.964 bits per heavy atom. The fourth-order valence-corrected chi connectivity index (χ4v) is 2.95. The summed E-state index contributed by atoms with van der Waals surface area (Å²) in [6.07, 6.45) is 0.929. The van der Waals surface area contributed by atoms with E-state index in [0.29, 0.717) is 12.2 Å². The van der Waals surface area contributed by atoms with E-state index in [1.165, 1.54) is 10.5 Å². The average Bonchev–Trinajstić information content (AvgIpc) is 2.68. The van der Waals surface area contributed by atoms with Crippen LogP contribution < -0.4 is 20.4 Å². The molecule has 6 nitrogen and oxygen atoms in total. The van der Waals surface area contributed by atoms with Gasteiger partial charge in [-0.15, -0.1) is 0 Å². The maximum Gasteiger partial charge on any atom is 0.313 e. The second-order valence-electron chi connectivity index (χ2n) is 7.33. The van der Waals surface area contributed by atoms with E-state index in [9.17, 15) is 9.59 Å². The standard InChI is InChI=1S/C22H30N4O2/c1-6-16-7-11-18(12-8-16)24-22(28)21(27)23-15-20(26(4)5)17-9-13-19(14-10-17)25(2)3/h7-14,20H,6,15H2,1-5H3,(H,23,27)(H,24,28)/p+1/t20-/m1/s1. The molecule has 2 rings (SSSR count). The van der Waals surface area contributed by atoms with Gasteiger partial charge in [-0.1, -0.05) is 31.2 Å². The molecule has 0 aromatic heterocycles. The Hall–Kier alpha value is -2.86. The highest BCUT2D eigenvalue weighted by Crippen LogP contribution is 2.16. The summed E-state index contributed by atoms with van der Waals surface area (Å²) >= 11 is 0. The molecule has 150 valence electrons. The van der Waals surface area contributed by atoms with Crippen LogP contribution in [0.1, 0.15) is 24.1 Å². The Kier molecular flexibility index (Phi) is 7.58. The van der Waals surface area contributed by atoms with Crippen molar-refractivity contribution in [2.75, 3.05) is 45.0 Å². The van der Waals surface area contributed by atoms with E-state index < -0.39 is 11.8 Å². The maximum absolute atomic E-state index is 12.2. The van der Waals surface area contributed by atoms with Crippen molar-refractivity contribution in [1.82, 2.24) is 5.32 Å². The third kappa shape index (κ3) is 5.82.